The zero-order valence-electron chi connectivity index (χ0n) is 8.75. The molecule has 0 unspecified atom stereocenters. The van der Waals surface area contributed by atoms with Gasteiger partial charge in [0, 0.05) is 0 Å². The van der Waals surface area contributed by atoms with Gasteiger partial charge in [-0.05, 0) is 36.6 Å². The van der Waals surface area contributed by atoms with E-state index in [2.05, 4.69) is 6.58 Å². The van der Waals surface area contributed by atoms with Crippen molar-refractivity contribution in [3.8, 4) is 11.5 Å². The summed E-state index contributed by atoms with van der Waals surface area (Å²) in [5, 5.41) is 0. The fraction of sp³-hybridized carbons (Fsp3) is 0.333. The van der Waals surface area contributed by atoms with Crippen molar-refractivity contribution < 1.29 is 9.47 Å². The molecule has 0 atom stereocenters. The van der Waals surface area contributed by atoms with E-state index >= 15 is 0 Å². The van der Waals surface area contributed by atoms with Crippen molar-refractivity contribution in [3.63, 3.8) is 0 Å². The molecular weight excluding hydrogens is 176 g/mol. The van der Waals surface area contributed by atoms with Gasteiger partial charge in [-0.2, -0.15) is 0 Å². The molecule has 0 fully saturated rings. The highest BCUT2D eigenvalue weighted by Crippen LogP contribution is 2.24. The Hall–Kier alpha value is -1.44. The smallest absolute Gasteiger partial charge is 0.122 e. The second kappa shape index (κ2) is 5.32. The summed E-state index contributed by atoms with van der Waals surface area (Å²) >= 11 is 0. The van der Waals surface area contributed by atoms with E-state index in [1.165, 1.54) is 0 Å². The highest BCUT2D eigenvalue weighted by atomic mass is 16.5. The van der Waals surface area contributed by atoms with Gasteiger partial charge >= 0.3 is 0 Å². The quantitative estimate of drug-likeness (QED) is 0.668. The van der Waals surface area contributed by atoms with Crippen molar-refractivity contribution >= 4 is 0 Å². The van der Waals surface area contributed by atoms with Gasteiger partial charge in [-0.15, -0.1) is 6.58 Å². The average Bonchev–Trinajstić information content (AvgIpc) is 2.25. The Morgan fingerprint density at radius 2 is 2.07 bits per heavy atom. The average molecular weight is 192 g/mol. The summed E-state index contributed by atoms with van der Waals surface area (Å²) in [7, 11) is 3.35. The van der Waals surface area contributed by atoms with Gasteiger partial charge in [0.15, 0.2) is 0 Å². The number of allylic oxidation sites excluding steroid dienone is 1. The van der Waals surface area contributed by atoms with Crippen molar-refractivity contribution in [2.24, 2.45) is 0 Å². The summed E-state index contributed by atoms with van der Waals surface area (Å²) in [4.78, 5) is 0. The van der Waals surface area contributed by atoms with Gasteiger partial charge in [0.25, 0.3) is 0 Å². The first-order chi connectivity index (χ1) is 6.81. The lowest BCUT2D eigenvalue weighted by molar-refractivity contribution is 0.398. The molecule has 0 saturated heterocycles. The van der Waals surface area contributed by atoms with E-state index in [4.69, 9.17) is 9.47 Å². The normalized spacial score (nSPS) is 9.57. The monoisotopic (exact) mass is 192 g/mol. The van der Waals surface area contributed by atoms with Crippen LogP contribution in [0, 0.1) is 0 Å². The minimum Gasteiger partial charge on any atom is -0.497 e. The summed E-state index contributed by atoms with van der Waals surface area (Å²) in [5.41, 5.74) is 1.16. The minimum atomic E-state index is 0.866. The van der Waals surface area contributed by atoms with Gasteiger partial charge in [0.2, 0.25) is 0 Å². The van der Waals surface area contributed by atoms with Crippen LogP contribution in [0.25, 0.3) is 0 Å². The number of rotatable bonds is 5. The zero-order chi connectivity index (χ0) is 10.4. The predicted molar refractivity (Wildman–Crippen MR) is 58.1 cm³/mol. The Bertz CT molecular complexity index is 305. The number of hydrogen-bond donors (Lipinski definition) is 0. The highest BCUT2D eigenvalue weighted by Gasteiger charge is 2.03. The van der Waals surface area contributed by atoms with E-state index in [0.717, 1.165) is 29.9 Å². The van der Waals surface area contributed by atoms with Crippen molar-refractivity contribution in [2.45, 2.75) is 12.8 Å². The van der Waals surface area contributed by atoms with Gasteiger partial charge in [-0.3, -0.25) is 0 Å². The van der Waals surface area contributed by atoms with Gasteiger partial charge in [-0.1, -0.05) is 6.08 Å². The molecule has 0 radical (unpaired) electrons. The second-order valence-electron chi connectivity index (χ2n) is 3.01. The Kier molecular flexibility index (Phi) is 4.05. The number of methoxy groups -OCH3 is 2. The fourth-order valence-corrected chi connectivity index (χ4v) is 1.33. The van der Waals surface area contributed by atoms with E-state index in [1.54, 1.807) is 14.2 Å². The molecule has 1 aromatic carbocycles. The van der Waals surface area contributed by atoms with Gasteiger partial charge in [0.05, 0.1) is 14.2 Å². The first-order valence-corrected chi connectivity index (χ1v) is 4.63. The van der Waals surface area contributed by atoms with Gasteiger partial charge < -0.3 is 9.47 Å². The van der Waals surface area contributed by atoms with Crippen LogP contribution in [-0.4, -0.2) is 14.2 Å². The van der Waals surface area contributed by atoms with Crippen molar-refractivity contribution in [2.75, 3.05) is 14.2 Å². The number of hydrogen-bond acceptors (Lipinski definition) is 2. The Labute approximate surface area is 85.2 Å². The maximum absolute atomic E-state index is 5.25. The summed E-state index contributed by atoms with van der Waals surface area (Å²) in [5.74, 6) is 1.78. The molecule has 0 N–H and O–H groups in total. The minimum absolute atomic E-state index is 0.866. The molecule has 2 nitrogen and oxygen atoms in total. The van der Waals surface area contributed by atoms with Crippen LogP contribution in [0.15, 0.2) is 30.9 Å². The van der Waals surface area contributed by atoms with E-state index < -0.39 is 0 Å². The predicted octanol–water partition coefficient (Wildman–Crippen LogP) is 2.82. The topological polar surface area (TPSA) is 18.5 Å². The Balaban J connectivity index is 2.89. The summed E-state index contributed by atoms with van der Waals surface area (Å²) in [6.45, 7) is 3.70. The molecule has 14 heavy (non-hydrogen) atoms. The third kappa shape index (κ3) is 2.52. The van der Waals surface area contributed by atoms with E-state index in [-0.39, 0.29) is 0 Å². The Morgan fingerprint density at radius 1 is 1.29 bits per heavy atom. The molecule has 0 spiro atoms. The van der Waals surface area contributed by atoms with Gasteiger partial charge in [-0.25, -0.2) is 0 Å². The number of ether oxygens (including phenoxy) is 2. The molecule has 0 aliphatic carbocycles. The standard InChI is InChI=1S/C12H16O2/c1-4-5-6-10-9-11(13-2)7-8-12(10)14-3/h4,7-9H,1,5-6H2,2-3H3. The van der Waals surface area contributed by atoms with Crippen LogP contribution in [0.5, 0.6) is 11.5 Å². The third-order valence-electron chi connectivity index (χ3n) is 2.11. The van der Waals surface area contributed by atoms with E-state index in [9.17, 15) is 0 Å². The van der Waals surface area contributed by atoms with E-state index in [0.29, 0.717) is 0 Å². The summed E-state index contributed by atoms with van der Waals surface area (Å²) in [6, 6.07) is 5.83. The summed E-state index contributed by atoms with van der Waals surface area (Å²) < 4.78 is 10.4. The van der Waals surface area contributed by atoms with Crippen LogP contribution in [0.2, 0.25) is 0 Å². The molecule has 0 amide bonds. The van der Waals surface area contributed by atoms with Crippen LogP contribution in [0.4, 0.5) is 0 Å². The molecule has 0 aliphatic rings. The zero-order valence-corrected chi connectivity index (χ0v) is 8.75. The first kappa shape index (κ1) is 10.6. The van der Waals surface area contributed by atoms with Crippen LogP contribution in [0.3, 0.4) is 0 Å². The maximum Gasteiger partial charge on any atom is 0.122 e. The van der Waals surface area contributed by atoms with Crippen LogP contribution >= 0.6 is 0 Å². The molecule has 0 saturated carbocycles. The molecular formula is C12H16O2. The molecule has 0 aliphatic heterocycles. The SMILES string of the molecule is C=CCCc1cc(OC)ccc1OC. The number of benzene rings is 1. The Morgan fingerprint density at radius 3 is 2.64 bits per heavy atom. The fourth-order valence-electron chi connectivity index (χ4n) is 1.33. The molecule has 0 bridgehead atoms. The van der Waals surface area contributed by atoms with Crippen molar-refractivity contribution in [3.05, 3.63) is 36.4 Å². The molecule has 0 heterocycles. The lowest BCUT2D eigenvalue weighted by Crippen LogP contribution is -1.93. The first-order valence-electron chi connectivity index (χ1n) is 4.63. The molecule has 76 valence electrons. The lowest BCUT2D eigenvalue weighted by Gasteiger charge is -2.09. The van der Waals surface area contributed by atoms with Gasteiger partial charge in [0.1, 0.15) is 11.5 Å². The second-order valence-corrected chi connectivity index (χ2v) is 3.01. The molecule has 0 aromatic heterocycles. The summed E-state index contributed by atoms with van der Waals surface area (Å²) in [6.07, 6.45) is 3.78. The number of aryl methyl sites for hydroxylation is 1. The van der Waals surface area contributed by atoms with Crippen molar-refractivity contribution in [1.29, 1.82) is 0 Å². The molecule has 1 rings (SSSR count). The van der Waals surface area contributed by atoms with Crippen LogP contribution in [-0.2, 0) is 6.42 Å². The van der Waals surface area contributed by atoms with Crippen LogP contribution < -0.4 is 9.47 Å². The highest BCUT2D eigenvalue weighted by molar-refractivity contribution is 5.40. The largest absolute Gasteiger partial charge is 0.497 e. The van der Waals surface area contributed by atoms with Crippen LogP contribution in [0.1, 0.15) is 12.0 Å². The molecule has 2 heteroatoms. The third-order valence-corrected chi connectivity index (χ3v) is 2.11. The lowest BCUT2D eigenvalue weighted by atomic mass is 10.1. The maximum atomic E-state index is 5.25. The molecule has 1 aromatic rings. The van der Waals surface area contributed by atoms with Crippen molar-refractivity contribution in [1.82, 2.24) is 0 Å². The van der Waals surface area contributed by atoms with E-state index in [1.807, 2.05) is 24.3 Å².